The second-order valence-electron chi connectivity index (χ2n) is 5.20. The van der Waals surface area contributed by atoms with Gasteiger partial charge in [0, 0.05) is 10.9 Å². The Balaban J connectivity index is 1.85. The minimum atomic E-state index is 0.499. The monoisotopic (exact) mass is 304 g/mol. The Bertz CT molecular complexity index is 583. The van der Waals surface area contributed by atoms with Gasteiger partial charge in [0.1, 0.15) is 12.0 Å². The molecule has 1 saturated carbocycles. The lowest BCUT2D eigenvalue weighted by Gasteiger charge is -2.24. The summed E-state index contributed by atoms with van der Waals surface area (Å²) < 4.78 is 5.61. The van der Waals surface area contributed by atoms with Crippen LogP contribution in [0.15, 0.2) is 23.8 Å². The van der Waals surface area contributed by atoms with Crippen LogP contribution in [0.4, 0.5) is 11.5 Å². The maximum atomic E-state index is 6.23. The summed E-state index contributed by atoms with van der Waals surface area (Å²) in [7, 11) is 0. The molecule has 0 unspecified atom stereocenters. The molecule has 21 heavy (non-hydrogen) atoms. The van der Waals surface area contributed by atoms with Crippen LogP contribution in [0.3, 0.4) is 0 Å². The summed E-state index contributed by atoms with van der Waals surface area (Å²) in [6.07, 6.45) is 4.86. The molecule has 1 aliphatic rings. The van der Waals surface area contributed by atoms with Gasteiger partial charge in [-0.3, -0.25) is 0 Å². The Kier molecular flexibility index (Phi) is 4.24. The van der Waals surface area contributed by atoms with Crippen LogP contribution in [0.2, 0.25) is 0 Å². The minimum Gasteiger partial charge on any atom is -0.476 e. The topological polar surface area (TPSA) is 64.3 Å². The van der Waals surface area contributed by atoms with Crippen molar-refractivity contribution in [3.8, 4) is 5.88 Å². The van der Waals surface area contributed by atoms with Crippen LogP contribution in [-0.2, 0) is 6.54 Å². The van der Waals surface area contributed by atoms with E-state index in [9.17, 15) is 0 Å². The first-order valence-electron chi connectivity index (χ1n) is 7.32. The Morgan fingerprint density at radius 1 is 1.43 bits per heavy atom. The van der Waals surface area contributed by atoms with E-state index in [4.69, 9.17) is 10.5 Å². The molecule has 112 valence electrons. The van der Waals surface area contributed by atoms with Gasteiger partial charge in [-0.1, -0.05) is 13.0 Å². The molecule has 2 heterocycles. The van der Waals surface area contributed by atoms with Crippen molar-refractivity contribution in [3.63, 3.8) is 0 Å². The lowest BCUT2D eigenvalue weighted by Crippen LogP contribution is -2.27. The fraction of sp³-hybridized carbons (Fsp3) is 0.467. The van der Waals surface area contributed by atoms with Gasteiger partial charge in [0.25, 0.3) is 0 Å². The van der Waals surface area contributed by atoms with Crippen LogP contribution in [0.5, 0.6) is 5.88 Å². The van der Waals surface area contributed by atoms with Crippen molar-refractivity contribution in [2.75, 3.05) is 17.2 Å². The van der Waals surface area contributed by atoms with Gasteiger partial charge in [0.05, 0.1) is 13.2 Å². The minimum absolute atomic E-state index is 0.499. The summed E-state index contributed by atoms with van der Waals surface area (Å²) in [4.78, 5) is 12.2. The number of nitrogen functional groups attached to an aromatic ring is 1. The molecule has 0 radical (unpaired) electrons. The Morgan fingerprint density at radius 2 is 2.29 bits per heavy atom. The van der Waals surface area contributed by atoms with Gasteiger partial charge in [-0.2, -0.15) is 4.98 Å². The standard InChI is InChI=1S/C15H20N4OS/c1-2-7-20-15-13(16)14(17-10-18-15)19(11-5-6-11)9-12-4-3-8-21-12/h3-4,8,10-11H,2,5-7,9,16H2,1H3. The lowest BCUT2D eigenvalue weighted by atomic mass is 10.3. The van der Waals surface area contributed by atoms with E-state index in [0.717, 1.165) is 18.8 Å². The van der Waals surface area contributed by atoms with Crippen molar-refractivity contribution in [1.82, 2.24) is 9.97 Å². The highest BCUT2D eigenvalue weighted by Crippen LogP contribution is 2.37. The fourth-order valence-corrected chi connectivity index (χ4v) is 2.95. The van der Waals surface area contributed by atoms with Gasteiger partial charge in [0.2, 0.25) is 5.88 Å². The quantitative estimate of drug-likeness (QED) is 0.851. The van der Waals surface area contributed by atoms with Crippen LogP contribution >= 0.6 is 11.3 Å². The molecule has 0 amide bonds. The molecule has 1 aliphatic carbocycles. The number of hydrogen-bond donors (Lipinski definition) is 1. The highest BCUT2D eigenvalue weighted by molar-refractivity contribution is 7.09. The van der Waals surface area contributed by atoms with E-state index in [1.807, 2.05) is 0 Å². The molecule has 6 heteroatoms. The molecule has 5 nitrogen and oxygen atoms in total. The number of nitrogens with zero attached hydrogens (tertiary/aromatic N) is 3. The van der Waals surface area contributed by atoms with Gasteiger partial charge < -0.3 is 15.4 Å². The summed E-state index contributed by atoms with van der Waals surface area (Å²) in [5.41, 5.74) is 6.78. The van der Waals surface area contributed by atoms with E-state index in [-0.39, 0.29) is 0 Å². The van der Waals surface area contributed by atoms with E-state index >= 15 is 0 Å². The molecule has 2 N–H and O–H groups in total. The van der Waals surface area contributed by atoms with Gasteiger partial charge in [-0.05, 0) is 30.7 Å². The zero-order chi connectivity index (χ0) is 14.7. The van der Waals surface area contributed by atoms with Crippen LogP contribution in [-0.4, -0.2) is 22.6 Å². The predicted molar refractivity (Wildman–Crippen MR) is 85.8 cm³/mol. The number of thiophene rings is 1. The van der Waals surface area contributed by atoms with E-state index in [1.165, 1.54) is 17.7 Å². The van der Waals surface area contributed by atoms with Gasteiger partial charge in [-0.15, -0.1) is 11.3 Å². The van der Waals surface area contributed by atoms with Crippen LogP contribution < -0.4 is 15.4 Å². The first-order chi connectivity index (χ1) is 10.3. The van der Waals surface area contributed by atoms with Gasteiger partial charge >= 0.3 is 0 Å². The molecule has 3 rings (SSSR count). The number of nitrogens with two attached hydrogens (primary N) is 1. The number of ether oxygens (including phenoxy) is 1. The maximum Gasteiger partial charge on any atom is 0.242 e. The first kappa shape index (κ1) is 14.1. The van der Waals surface area contributed by atoms with Crippen LogP contribution in [0.1, 0.15) is 31.1 Å². The van der Waals surface area contributed by atoms with Crippen molar-refractivity contribution in [3.05, 3.63) is 28.7 Å². The second kappa shape index (κ2) is 6.30. The number of hydrogen-bond acceptors (Lipinski definition) is 6. The summed E-state index contributed by atoms with van der Waals surface area (Å²) in [5, 5.41) is 2.10. The van der Waals surface area contributed by atoms with E-state index in [0.29, 0.717) is 24.2 Å². The van der Waals surface area contributed by atoms with E-state index in [1.54, 1.807) is 17.7 Å². The smallest absolute Gasteiger partial charge is 0.242 e. The van der Waals surface area contributed by atoms with E-state index in [2.05, 4.69) is 39.3 Å². The molecule has 2 aromatic heterocycles. The third-order valence-corrected chi connectivity index (χ3v) is 4.30. The Labute approximate surface area is 128 Å². The molecule has 0 aromatic carbocycles. The molecule has 0 saturated heterocycles. The van der Waals surface area contributed by atoms with Crippen LogP contribution in [0.25, 0.3) is 0 Å². The van der Waals surface area contributed by atoms with Crippen molar-refractivity contribution in [2.45, 2.75) is 38.8 Å². The SMILES string of the molecule is CCCOc1ncnc(N(Cc2cccs2)C2CC2)c1N. The molecular weight excluding hydrogens is 284 g/mol. The Morgan fingerprint density at radius 3 is 2.95 bits per heavy atom. The van der Waals surface area contributed by atoms with Crippen molar-refractivity contribution in [2.24, 2.45) is 0 Å². The average molecular weight is 304 g/mol. The average Bonchev–Trinajstić information content (AvgIpc) is 3.21. The number of anilines is 2. The summed E-state index contributed by atoms with van der Waals surface area (Å²) >= 11 is 1.76. The summed E-state index contributed by atoms with van der Waals surface area (Å²) in [6, 6.07) is 4.75. The molecule has 2 aromatic rings. The maximum absolute atomic E-state index is 6.23. The highest BCUT2D eigenvalue weighted by atomic mass is 32.1. The summed E-state index contributed by atoms with van der Waals surface area (Å²) in [6.45, 7) is 3.53. The first-order valence-corrected chi connectivity index (χ1v) is 8.20. The molecular formula is C15H20N4OS. The zero-order valence-electron chi connectivity index (χ0n) is 12.2. The van der Waals surface area contributed by atoms with Gasteiger partial charge in [-0.25, -0.2) is 4.98 Å². The lowest BCUT2D eigenvalue weighted by molar-refractivity contribution is 0.306. The number of rotatable bonds is 7. The van der Waals surface area contributed by atoms with Crippen molar-refractivity contribution < 1.29 is 4.74 Å². The molecule has 0 atom stereocenters. The second-order valence-corrected chi connectivity index (χ2v) is 6.24. The molecule has 0 bridgehead atoms. The third-order valence-electron chi connectivity index (χ3n) is 3.44. The van der Waals surface area contributed by atoms with E-state index < -0.39 is 0 Å². The largest absolute Gasteiger partial charge is 0.476 e. The highest BCUT2D eigenvalue weighted by Gasteiger charge is 2.32. The molecule has 1 fully saturated rings. The summed E-state index contributed by atoms with van der Waals surface area (Å²) in [5.74, 6) is 1.30. The third kappa shape index (κ3) is 3.26. The van der Waals surface area contributed by atoms with Crippen LogP contribution in [0, 0.1) is 0 Å². The fourth-order valence-electron chi connectivity index (χ4n) is 2.25. The Hall–Kier alpha value is -1.82. The predicted octanol–water partition coefficient (Wildman–Crippen LogP) is 3.08. The molecule has 0 aliphatic heterocycles. The normalized spacial score (nSPS) is 14.1. The molecule has 0 spiro atoms. The number of aromatic nitrogens is 2. The van der Waals surface area contributed by atoms with Crippen molar-refractivity contribution >= 4 is 22.8 Å². The van der Waals surface area contributed by atoms with Gasteiger partial charge in [0.15, 0.2) is 5.82 Å². The zero-order valence-corrected chi connectivity index (χ0v) is 13.0. The van der Waals surface area contributed by atoms with Crippen molar-refractivity contribution in [1.29, 1.82) is 0 Å².